The Morgan fingerprint density at radius 1 is 1.17 bits per heavy atom. The zero-order valence-electron chi connectivity index (χ0n) is 9.25. The van der Waals surface area contributed by atoms with Crippen molar-refractivity contribution in [3.63, 3.8) is 0 Å². The third-order valence-electron chi connectivity index (χ3n) is 2.44. The second-order valence-corrected chi connectivity index (χ2v) is 5.12. The van der Waals surface area contributed by atoms with Gasteiger partial charge in [-0.05, 0) is 42.1 Å². The predicted octanol–water partition coefficient (Wildman–Crippen LogP) is 3.12. The van der Waals surface area contributed by atoms with Gasteiger partial charge >= 0.3 is 0 Å². The van der Waals surface area contributed by atoms with E-state index in [1.807, 2.05) is 40.9 Å². The van der Waals surface area contributed by atoms with E-state index in [2.05, 4.69) is 10.2 Å². The molecule has 0 bridgehead atoms. The topological polar surface area (TPSA) is 56.2 Å². The van der Waals surface area contributed by atoms with Gasteiger partial charge in [-0.15, -0.1) is 10.2 Å². The highest BCUT2D eigenvalue weighted by Crippen LogP contribution is 2.33. The lowest BCUT2D eigenvalue weighted by molar-refractivity contribution is 0.921. The van der Waals surface area contributed by atoms with Crippen LogP contribution in [0.4, 0.5) is 5.69 Å². The predicted molar refractivity (Wildman–Crippen MR) is 73.0 cm³/mol. The van der Waals surface area contributed by atoms with Gasteiger partial charge in [0, 0.05) is 16.8 Å². The first-order valence-corrected chi connectivity index (χ1v) is 6.46. The monoisotopic (exact) mass is 276 g/mol. The summed E-state index contributed by atoms with van der Waals surface area (Å²) in [6, 6.07) is 11.2. The highest BCUT2D eigenvalue weighted by molar-refractivity contribution is 7.99. The van der Waals surface area contributed by atoms with E-state index in [1.165, 1.54) is 11.8 Å². The lowest BCUT2D eigenvalue weighted by Gasteiger charge is -2.03. The van der Waals surface area contributed by atoms with Crippen molar-refractivity contribution < 1.29 is 0 Å². The number of fused-ring (bicyclic) bond motifs is 1. The van der Waals surface area contributed by atoms with E-state index in [-0.39, 0.29) is 0 Å². The van der Waals surface area contributed by atoms with Gasteiger partial charge in [0.15, 0.2) is 10.8 Å². The molecule has 0 unspecified atom stereocenters. The lowest BCUT2D eigenvalue weighted by Crippen LogP contribution is -1.88. The van der Waals surface area contributed by atoms with Gasteiger partial charge in [-0.1, -0.05) is 17.7 Å². The molecule has 0 spiro atoms. The molecule has 1 aromatic carbocycles. The molecule has 2 aromatic heterocycles. The Morgan fingerprint density at radius 2 is 2.06 bits per heavy atom. The minimum atomic E-state index is 0.618. The minimum Gasteiger partial charge on any atom is -0.399 e. The summed E-state index contributed by atoms with van der Waals surface area (Å²) in [4.78, 5) is 0.906. The molecule has 0 saturated heterocycles. The maximum absolute atomic E-state index is 6.14. The summed E-state index contributed by atoms with van der Waals surface area (Å²) in [5.74, 6) is 0. The Hall–Kier alpha value is -1.72. The number of benzene rings is 1. The van der Waals surface area contributed by atoms with Crippen LogP contribution in [0.1, 0.15) is 0 Å². The number of rotatable bonds is 2. The number of hydrogen-bond acceptors (Lipinski definition) is 4. The molecular weight excluding hydrogens is 268 g/mol. The maximum atomic E-state index is 6.14. The molecule has 0 fully saturated rings. The highest BCUT2D eigenvalue weighted by Gasteiger charge is 2.09. The molecule has 0 aliphatic carbocycles. The molecule has 18 heavy (non-hydrogen) atoms. The largest absolute Gasteiger partial charge is 0.399 e. The lowest BCUT2D eigenvalue weighted by atomic mass is 10.3. The molecule has 0 aliphatic heterocycles. The average Bonchev–Trinajstić information content (AvgIpc) is 2.76. The standard InChI is InChI=1S/C12H9ClN4S/c13-9-7-8(14)4-5-10(9)18-12-16-15-11-3-1-2-6-17(11)12/h1-7H,14H2. The van der Waals surface area contributed by atoms with Crippen molar-refractivity contribution in [3.05, 3.63) is 47.6 Å². The zero-order valence-corrected chi connectivity index (χ0v) is 10.8. The van der Waals surface area contributed by atoms with Crippen molar-refractivity contribution in [2.24, 2.45) is 0 Å². The van der Waals surface area contributed by atoms with Crippen LogP contribution in [0.15, 0.2) is 52.6 Å². The van der Waals surface area contributed by atoms with Gasteiger partial charge in [0.2, 0.25) is 0 Å². The van der Waals surface area contributed by atoms with Gasteiger partial charge in [-0.3, -0.25) is 4.40 Å². The summed E-state index contributed by atoms with van der Waals surface area (Å²) < 4.78 is 1.91. The molecule has 0 amide bonds. The van der Waals surface area contributed by atoms with E-state index in [4.69, 9.17) is 17.3 Å². The van der Waals surface area contributed by atoms with Crippen LogP contribution < -0.4 is 5.73 Å². The Balaban J connectivity index is 2.01. The van der Waals surface area contributed by atoms with Crippen molar-refractivity contribution in [3.8, 4) is 0 Å². The molecule has 2 heterocycles. The first kappa shape index (κ1) is 11.4. The molecular formula is C12H9ClN4S. The second kappa shape index (κ2) is 4.51. The Morgan fingerprint density at radius 3 is 2.89 bits per heavy atom. The van der Waals surface area contributed by atoms with Crippen LogP contribution in [0.25, 0.3) is 5.65 Å². The Labute approximate surface area is 113 Å². The van der Waals surface area contributed by atoms with Gasteiger partial charge in [-0.2, -0.15) is 0 Å². The summed E-state index contributed by atoms with van der Waals surface area (Å²) in [5.41, 5.74) is 7.12. The SMILES string of the molecule is Nc1ccc(Sc2nnc3ccccn23)c(Cl)c1. The van der Waals surface area contributed by atoms with E-state index in [0.717, 1.165) is 15.7 Å². The zero-order chi connectivity index (χ0) is 12.5. The highest BCUT2D eigenvalue weighted by atomic mass is 35.5. The summed E-state index contributed by atoms with van der Waals surface area (Å²) in [5, 5.41) is 9.62. The van der Waals surface area contributed by atoms with Crippen LogP contribution in [-0.4, -0.2) is 14.6 Å². The first-order valence-electron chi connectivity index (χ1n) is 5.27. The van der Waals surface area contributed by atoms with Crippen molar-refractivity contribution in [2.75, 3.05) is 5.73 Å². The summed E-state index contributed by atoms with van der Waals surface area (Å²) in [6.45, 7) is 0. The van der Waals surface area contributed by atoms with Crippen LogP contribution in [0.2, 0.25) is 5.02 Å². The quantitative estimate of drug-likeness (QED) is 0.731. The van der Waals surface area contributed by atoms with E-state index in [9.17, 15) is 0 Å². The van der Waals surface area contributed by atoms with Gasteiger partial charge < -0.3 is 5.73 Å². The smallest absolute Gasteiger partial charge is 0.200 e. The second-order valence-electron chi connectivity index (χ2n) is 3.70. The number of hydrogen-bond donors (Lipinski definition) is 1. The molecule has 90 valence electrons. The van der Waals surface area contributed by atoms with E-state index < -0.39 is 0 Å². The first-order chi connectivity index (χ1) is 8.74. The van der Waals surface area contributed by atoms with Gasteiger partial charge in [-0.25, -0.2) is 0 Å². The Kier molecular flexibility index (Phi) is 2.85. The number of nitrogens with two attached hydrogens (primary N) is 1. The summed E-state index contributed by atoms with van der Waals surface area (Å²) >= 11 is 7.60. The van der Waals surface area contributed by atoms with Crippen LogP contribution in [0.5, 0.6) is 0 Å². The maximum Gasteiger partial charge on any atom is 0.200 e. The van der Waals surface area contributed by atoms with E-state index in [1.54, 1.807) is 6.07 Å². The molecule has 3 rings (SSSR count). The van der Waals surface area contributed by atoms with Crippen molar-refractivity contribution in [1.82, 2.24) is 14.6 Å². The minimum absolute atomic E-state index is 0.618. The third-order valence-corrected chi connectivity index (χ3v) is 3.90. The normalized spacial score (nSPS) is 10.9. The molecule has 0 radical (unpaired) electrons. The summed E-state index contributed by atoms with van der Waals surface area (Å²) in [7, 11) is 0. The molecule has 4 nitrogen and oxygen atoms in total. The molecule has 0 aliphatic rings. The van der Waals surface area contributed by atoms with E-state index in [0.29, 0.717) is 10.7 Å². The van der Waals surface area contributed by atoms with Crippen LogP contribution >= 0.6 is 23.4 Å². The molecule has 6 heteroatoms. The number of nitrogen functional groups attached to an aromatic ring is 1. The van der Waals surface area contributed by atoms with Gasteiger partial charge in [0.05, 0.1) is 5.02 Å². The van der Waals surface area contributed by atoms with Crippen molar-refractivity contribution in [1.29, 1.82) is 0 Å². The number of aromatic nitrogens is 3. The fraction of sp³-hybridized carbons (Fsp3) is 0. The van der Waals surface area contributed by atoms with Crippen molar-refractivity contribution in [2.45, 2.75) is 10.1 Å². The van der Waals surface area contributed by atoms with Crippen molar-refractivity contribution >= 4 is 34.7 Å². The molecule has 2 N–H and O–H groups in total. The number of anilines is 1. The third kappa shape index (κ3) is 2.02. The van der Waals surface area contributed by atoms with Gasteiger partial charge in [0.25, 0.3) is 0 Å². The van der Waals surface area contributed by atoms with Crippen LogP contribution in [0.3, 0.4) is 0 Å². The molecule has 0 atom stereocenters. The number of halogens is 1. The van der Waals surface area contributed by atoms with E-state index >= 15 is 0 Å². The number of nitrogens with zero attached hydrogens (tertiary/aromatic N) is 3. The van der Waals surface area contributed by atoms with Crippen LogP contribution in [-0.2, 0) is 0 Å². The molecule has 3 aromatic rings. The fourth-order valence-corrected chi connectivity index (χ4v) is 2.72. The Bertz CT molecular complexity index is 710. The summed E-state index contributed by atoms with van der Waals surface area (Å²) in [6.07, 6.45) is 1.92. The van der Waals surface area contributed by atoms with Gasteiger partial charge in [0.1, 0.15) is 0 Å². The average molecular weight is 277 g/mol. The number of pyridine rings is 1. The fourth-order valence-electron chi connectivity index (χ4n) is 1.59. The molecule has 0 saturated carbocycles. The van der Waals surface area contributed by atoms with Crippen LogP contribution in [0, 0.1) is 0 Å².